The quantitative estimate of drug-likeness (QED) is 0.648. The zero-order valence-electron chi connectivity index (χ0n) is 16.0. The van der Waals surface area contributed by atoms with Gasteiger partial charge in [-0.1, -0.05) is 32.0 Å². The molecule has 3 nitrogen and oxygen atoms in total. The number of rotatable bonds is 5. The third-order valence-electron chi connectivity index (χ3n) is 5.07. The first kappa shape index (κ1) is 18.1. The molecule has 0 radical (unpaired) electrons. The molecular formula is C23H25N3. The van der Waals surface area contributed by atoms with Crippen LogP contribution in [0.4, 0.5) is 0 Å². The van der Waals surface area contributed by atoms with E-state index in [9.17, 15) is 5.26 Å². The van der Waals surface area contributed by atoms with Crippen molar-refractivity contribution in [1.29, 1.82) is 5.26 Å². The van der Waals surface area contributed by atoms with Gasteiger partial charge < -0.3 is 0 Å². The Labute approximate surface area is 155 Å². The van der Waals surface area contributed by atoms with Gasteiger partial charge in [-0.25, -0.2) is 0 Å². The Morgan fingerprint density at radius 1 is 1.04 bits per heavy atom. The summed E-state index contributed by atoms with van der Waals surface area (Å²) in [4.78, 5) is 9.45. The summed E-state index contributed by atoms with van der Waals surface area (Å²) in [6.07, 6.45) is 2.50. The number of hydrogen-bond acceptors (Lipinski definition) is 3. The van der Waals surface area contributed by atoms with Gasteiger partial charge in [-0.05, 0) is 62.1 Å². The maximum absolute atomic E-state index is 9.93. The summed E-state index contributed by atoms with van der Waals surface area (Å²) in [7, 11) is 0. The van der Waals surface area contributed by atoms with Crippen molar-refractivity contribution in [2.45, 2.75) is 52.4 Å². The van der Waals surface area contributed by atoms with Gasteiger partial charge >= 0.3 is 0 Å². The van der Waals surface area contributed by atoms with E-state index in [0.29, 0.717) is 6.42 Å². The molecule has 1 unspecified atom stereocenters. The van der Waals surface area contributed by atoms with Gasteiger partial charge in [0, 0.05) is 28.9 Å². The van der Waals surface area contributed by atoms with Crippen molar-refractivity contribution in [1.82, 2.24) is 9.97 Å². The zero-order chi connectivity index (χ0) is 18.7. The summed E-state index contributed by atoms with van der Waals surface area (Å²) < 4.78 is 0. The van der Waals surface area contributed by atoms with Crippen LogP contribution in [0.25, 0.3) is 10.9 Å². The van der Waals surface area contributed by atoms with Crippen molar-refractivity contribution in [2.75, 3.05) is 0 Å². The first-order chi connectivity index (χ1) is 12.5. The molecule has 3 aromatic rings. The van der Waals surface area contributed by atoms with Gasteiger partial charge in [0.1, 0.15) is 0 Å². The average Bonchev–Trinajstić information content (AvgIpc) is 2.66. The number of aryl methyl sites for hydroxylation is 3. The summed E-state index contributed by atoms with van der Waals surface area (Å²) in [5.41, 5.74) is 5.70. The molecular weight excluding hydrogens is 318 g/mol. The topological polar surface area (TPSA) is 49.6 Å². The molecule has 1 aromatic carbocycles. The van der Waals surface area contributed by atoms with Crippen LogP contribution in [-0.2, 0) is 24.7 Å². The fourth-order valence-electron chi connectivity index (χ4n) is 3.47. The smallest absolute Gasteiger partial charge is 0.0850 e. The van der Waals surface area contributed by atoms with Crippen molar-refractivity contribution in [3.8, 4) is 6.07 Å². The first-order valence-corrected chi connectivity index (χ1v) is 9.26. The maximum atomic E-state index is 9.93. The van der Waals surface area contributed by atoms with Crippen LogP contribution < -0.4 is 0 Å². The van der Waals surface area contributed by atoms with Gasteiger partial charge in [-0.2, -0.15) is 5.26 Å². The van der Waals surface area contributed by atoms with E-state index in [2.05, 4.69) is 49.2 Å². The summed E-state index contributed by atoms with van der Waals surface area (Å²) in [5, 5.41) is 11.1. The van der Waals surface area contributed by atoms with Crippen molar-refractivity contribution < 1.29 is 0 Å². The predicted octanol–water partition coefficient (Wildman–Crippen LogP) is 5.09. The van der Waals surface area contributed by atoms with Crippen molar-refractivity contribution in [2.24, 2.45) is 0 Å². The van der Waals surface area contributed by atoms with Crippen LogP contribution in [0.3, 0.4) is 0 Å². The molecule has 3 rings (SSSR count). The van der Waals surface area contributed by atoms with Gasteiger partial charge in [-0.15, -0.1) is 0 Å². The third kappa shape index (κ3) is 3.46. The van der Waals surface area contributed by atoms with E-state index in [1.54, 1.807) is 0 Å². The van der Waals surface area contributed by atoms with Gasteiger partial charge in [0.25, 0.3) is 0 Å². The number of pyridine rings is 2. The Hall–Kier alpha value is -2.73. The van der Waals surface area contributed by atoms with Crippen LogP contribution >= 0.6 is 0 Å². The zero-order valence-corrected chi connectivity index (χ0v) is 16.0. The molecule has 0 bridgehead atoms. The third-order valence-corrected chi connectivity index (χ3v) is 5.07. The lowest BCUT2D eigenvalue weighted by Gasteiger charge is -2.22. The van der Waals surface area contributed by atoms with Crippen LogP contribution in [0.2, 0.25) is 0 Å². The number of fused-ring (bicyclic) bond motifs is 1. The van der Waals surface area contributed by atoms with E-state index in [-0.39, 0.29) is 0 Å². The molecule has 2 heterocycles. The minimum Gasteiger partial charge on any atom is -0.258 e. The predicted molar refractivity (Wildman–Crippen MR) is 106 cm³/mol. The Morgan fingerprint density at radius 2 is 1.85 bits per heavy atom. The second-order valence-corrected chi connectivity index (χ2v) is 7.10. The lowest BCUT2D eigenvalue weighted by Crippen LogP contribution is -2.23. The molecule has 132 valence electrons. The minimum absolute atomic E-state index is 0.588. The second-order valence-electron chi connectivity index (χ2n) is 7.10. The normalized spacial score (nSPS) is 13.3. The summed E-state index contributed by atoms with van der Waals surface area (Å²) >= 11 is 0. The molecule has 3 heteroatoms. The molecule has 0 saturated heterocycles. The van der Waals surface area contributed by atoms with Crippen LogP contribution in [0.1, 0.15) is 49.0 Å². The average molecular weight is 343 g/mol. The molecule has 0 fully saturated rings. The van der Waals surface area contributed by atoms with Crippen molar-refractivity contribution >= 4 is 10.9 Å². The van der Waals surface area contributed by atoms with Crippen molar-refractivity contribution in [3.05, 3.63) is 70.7 Å². The van der Waals surface area contributed by atoms with Crippen LogP contribution in [-0.4, -0.2) is 9.97 Å². The molecule has 0 amide bonds. The number of benzene rings is 1. The largest absolute Gasteiger partial charge is 0.258 e. The molecule has 0 aliphatic rings. The highest BCUT2D eigenvalue weighted by Gasteiger charge is 2.28. The Morgan fingerprint density at radius 3 is 2.50 bits per heavy atom. The van der Waals surface area contributed by atoms with E-state index in [0.717, 1.165) is 46.4 Å². The fourth-order valence-corrected chi connectivity index (χ4v) is 3.47. The van der Waals surface area contributed by atoms with E-state index >= 15 is 0 Å². The summed E-state index contributed by atoms with van der Waals surface area (Å²) in [5.74, 6) is 0. The number of hydrogen-bond donors (Lipinski definition) is 0. The highest BCUT2D eigenvalue weighted by Crippen LogP contribution is 2.30. The van der Waals surface area contributed by atoms with Crippen LogP contribution in [0.5, 0.6) is 0 Å². The fraction of sp³-hybridized carbons (Fsp3) is 0.348. The molecule has 0 aliphatic heterocycles. The molecule has 0 N–H and O–H groups in total. The molecule has 2 aromatic heterocycles. The molecule has 1 atom stereocenters. The van der Waals surface area contributed by atoms with E-state index < -0.39 is 5.41 Å². The van der Waals surface area contributed by atoms with Crippen LogP contribution in [0, 0.1) is 18.3 Å². The van der Waals surface area contributed by atoms with E-state index in [1.165, 1.54) is 5.56 Å². The van der Waals surface area contributed by atoms with E-state index in [4.69, 9.17) is 4.98 Å². The number of aromatic nitrogens is 2. The van der Waals surface area contributed by atoms with Gasteiger partial charge in [0.15, 0.2) is 0 Å². The number of nitrogens with zero attached hydrogens (tertiary/aromatic N) is 3. The van der Waals surface area contributed by atoms with Gasteiger partial charge in [0.05, 0.1) is 17.0 Å². The lowest BCUT2D eigenvalue weighted by molar-refractivity contribution is 0.596. The van der Waals surface area contributed by atoms with E-state index in [1.807, 2.05) is 32.0 Å². The SMILES string of the molecule is CCc1cc2ccc(C(C)(C#N)Cc3cccc(C)n3)cc2nc1CC. The Kier molecular flexibility index (Phi) is 5.04. The van der Waals surface area contributed by atoms with Crippen molar-refractivity contribution in [3.63, 3.8) is 0 Å². The highest BCUT2D eigenvalue weighted by molar-refractivity contribution is 5.80. The Bertz CT molecular complexity index is 984. The number of nitriles is 1. The second kappa shape index (κ2) is 7.25. The Balaban J connectivity index is 2.05. The highest BCUT2D eigenvalue weighted by atomic mass is 14.7. The minimum atomic E-state index is -0.632. The summed E-state index contributed by atoms with van der Waals surface area (Å²) in [6, 6.07) is 16.9. The maximum Gasteiger partial charge on any atom is 0.0850 e. The van der Waals surface area contributed by atoms with Crippen LogP contribution in [0.15, 0.2) is 42.5 Å². The molecule has 0 spiro atoms. The monoisotopic (exact) mass is 343 g/mol. The standard InChI is InChI=1S/C23H25N3/c1-5-17-12-18-10-11-19(13-22(18)26-21(17)6-2)23(4,15-24)14-20-9-7-8-16(3)25-20/h7-13H,5-6,14H2,1-4H3. The molecule has 26 heavy (non-hydrogen) atoms. The lowest BCUT2D eigenvalue weighted by atomic mass is 9.79. The van der Waals surface area contributed by atoms with Gasteiger partial charge in [-0.3, -0.25) is 9.97 Å². The van der Waals surface area contributed by atoms with Gasteiger partial charge in [0.2, 0.25) is 0 Å². The first-order valence-electron chi connectivity index (χ1n) is 9.26. The summed E-state index contributed by atoms with van der Waals surface area (Å²) in [6.45, 7) is 8.27. The molecule has 0 aliphatic carbocycles. The molecule has 0 saturated carbocycles.